The molecule has 0 bridgehead atoms. The van der Waals surface area contributed by atoms with Gasteiger partial charge in [-0.25, -0.2) is 12.7 Å². The molecule has 2 aromatic carbocycles. The van der Waals surface area contributed by atoms with Gasteiger partial charge >= 0.3 is 0 Å². The van der Waals surface area contributed by atoms with Gasteiger partial charge in [-0.15, -0.1) is 0 Å². The lowest BCUT2D eigenvalue weighted by Gasteiger charge is -2.29. The van der Waals surface area contributed by atoms with Gasteiger partial charge in [0.2, 0.25) is 21.8 Å². The van der Waals surface area contributed by atoms with Crippen LogP contribution in [0.25, 0.3) is 0 Å². The quantitative estimate of drug-likeness (QED) is 0.471. The van der Waals surface area contributed by atoms with Gasteiger partial charge < -0.3 is 10.2 Å². The summed E-state index contributed by atoms with van der Waals surface area (Å²) in [6, 6.07) is 14.6. The fourth-order valence-electron chi connectivity index (χ4n) is 3.31. The van der Waals surface area contributed by atoms with E-state index in [1.54, 1.807) is 49.4 Å². The van der Waals surface area contributed by atoms with Crippen molar-refractivity contribution in [2.75, 3.05) is 20.1 Å². The molecule has 0 heterocycles. The Morgan fingerprint density at radius 2 is 1.62 bits per heavy atom. The molecule has 0 fully saturated rings. The average Bonchev–Trinajstić information content (AvgIpc) is 2.82. The van der Waals surface area contributed by atoms with Gasteiger partial charge in [-0.2, -0.15) is 0 Å². The largest absolute Gasteiger partial charge is 0.354 e. The van der Waals surface area contributed by atoms with Crippen molar-refractivity contribution in [3.63, 3.8) is 0 Å². The number of amides is 2. The predicted octanol–water partition coefficient (Wildman–Crippen LogP) is 3.93. The Morgan fingerprint density at radius 3 is 2.21 bits per heavy atom. The van der Waals surface area contributed by atoms with Crippen LogP contribution in [0.4, 0.5) is 0 Å². The molecule has 0 saturated heterocycles. The SMILES string of the molecule is CC(C)CNC(=O)[C@@H](C)N(Cc1ccc(Cl)cc1)C(=O)CCCN(C)S(=O)(=O)c1ccccc1. The normalized spacial score (nSPS) is 12.6. The zero-order chi connectivity index (χ0) is 25.3. The second-order valence-corrected chi connectivity index (χ2v) is 11.2. The Labute approximate surface area is 208 Å². The average molecular weight is 508 g/mol. The molecule has 1 atom stereocenters. The highest BCUT2D eigenvalue weighted by molar-refractivity contribution is 7.89. The molecule has 0 unspecified atom stereocenters. The summed E-state index contributed by atoms with van der Waals surface area (Å²) in [6.45, 7) is 6.67. The van der Waals surface area contributed by atoms with E-state index in [0.717, 1.165) is 5.56 Å². The number of nitrogens with zero attached hydrogens (tertiary/aromatic N) is 2. The molecule has 2 aromatic rings. The van der Waals surface area contributed by atoms with Crippen LogP contribution in [0.2, 0.25) is 5.02 Å². The van der Waals surface area contributed by atoms with Crippen molar-refractivity contribution >= 4 is 33.4 Å². The van der Waals surface area contributed by atoms with E-state index in [1.165, 1.54) is 16.3 Å². The molecular formula is C25H34ClN3O4S. The minimum absolute atomic E-state index is 0.115. The smallest absolute Gasteiger partial charge is 0.242 e. The van der Waals surface area contributed by atoms with Crippen LogP contribution in [0.1, 0.15) is 39.2 Å². The molecular weight excluding hydrogens is 474 g/mol. The molecule has 0 aliphatic heterocycles. The number of carbonyl (C=O) groups excluding carboxylic acids is 2. The van der Waals surface area contributed by atoms with E-state index < -0.39 is 16.1 Å². The third kappa shape index (κ3) is 8.11. The minimum Gasteiger partial charge on any atom is -0.354 e. The van der Waals surface area contributed by atoms with Crippen LogP contribution in [0, 0.1) is 5.92 Å². The Hall–Kier alpha value is -2.42. The lowest BCUT2D eigenvalue weighted by molar-refractivity contribution is -0.140. The van der Waals surface area contributed by atoms with Crippen LogP contribution in [-0.4, -0.2) is 55.6 Å². The summed E-state index contributed by atoms with van der Waals surface area (Å²) in [5, 5.41) is 3.47. The molecule has 0 saturated carbocycles. The van der Waals surface area contributed by atoms with Gasteiger partial charge in [0.15, 0.2) is 0 Å². The summed E-state index contributed by atoms with van der Waals surface area (Å²) in [4.78, 5) is 27.6. The molecule has 0 aromatic heterocycles. The molecule has 2 amide bonds. The maximum atomic E-state index is 13.2. The Morgan fingerprint density at radius 1 is 1.00 bits per heavy atom. The molecule has 7 nitrogen and oxygen atoms in total. The molecule has 0 spiro atoms. The van der Waals surface area contributed by atoms with Gasteiger partial charge in [0.25, 0.3) is 0 Å². The third-order valence-electron chi connectivity index (χ3n) is 5.43. The Bertz CT molecular complexity index is 1040. The molecule has 1 N–H and O–H groups in total. The first-order chi connectivity index (χ1) is 16.0. The summed E-state index contributed by atoms with van der Waals surface area (Å²) in [7, 11) is -2.12. The number of carbonyl (C=O) groups is 2. The first-order valence-corrected chi connectivity index (χ1v) is 13.2. The van der Waals surface area contributed by atoms with E-state index in [9.17, 15) is 18.0 Å². The van der Waals surface area contributed by atoms with Crippen molar-refractivity contribution in [1.29, 1.82) is 0 Å². The molecule has 0 aliphatic rings. The van der Waals surface area contributed by atoms with Gasteiger partial charge in [0, 0.05) is 38.1 Å². The van der Waals surface area contributed by atoms with Crippen LogP contribution in [0.15, 0.2) is 59.5 Å². The van der Waals surface area contributed by atoms with E-state index in [2.05, 4.69) is 5.32 Å². The Kier molecular flexibility index (Phi) is 10.5. The zero-order valence-electron chi connectivity index (χ0n) is 20.2. The first kappa shape index (κ1) is 27.8. The summed E-state index contributed by atoms with van der Waals surface area (Å²) in [5.41, 5.74) is 0.852. The lowest BCUT2D eigenvalue weighted by atomic mass is 10.1. The highest BCUT2D eigenvalue weighted by Crippen LogP contribution is 2.17. The number of halogens is 1. The number of nitrogens with one attached hydrogen (secondary N) is 1. The minimum atomic E-state index is -3.62. The molecule has 34 heavy (non-hydrogen) atoms. The predicted molar refractivity (Wildman–Crippen MR) is 135 cm³/mol. The van der Waals surface area contributed by atoms with Crippen LogP contribution in [0.5, 0.6) is 0 Å². The van der Waals surface area contributed by atoms with Crippen LogP contribution in [0.3, 0.4) is 0 Å². The van der Waals surface area contributed by atoms with Gasteiger partial charge in [-0.1, -0.05) is 55.8 Å². The highest BCUT2D eigenvalue weighted by atomic mass is 35.5. The van der Waals surface area contributed by atoms with Crippen molar-refractivity contribution in [2.45, 2.75) is 51.1 Å². The van der Waals surface area contributed by atoms with E-state index in [0.29, 0.717) is 23.9 Å². The van der Waals surface area contributed by atoms with Crippen LogP contribution in [-0.2, 0) is 26.2 Å². The van der Waals surface area contributed by atoms with Crippen molar-refractivity contribution in [3.05, 3.63) is 65.2 Å². The van der Waals surface area contributed by atoms with Crippen molar-refractivity contribution in [2.24, 2.45) is 5.92 Å². The molecule has 0 aliphatic carbocycles. The second kappa shape index (κ2) is 12.9. The summed E-state index contributed by atoms with van der Waals surface area (Å²) < 4.78 is 26.7. The zero-order valence-corrected chi connectivity index (χ0v) is 21.8. The monoisotopic (exact) mass is 507 g/mol. The molecule has 9 heteroatoms. The van der Waals surface area contributed by atoms with Crippen molar-refractivity contribution in [1.82, 2.24) is 14.5 Å². The third-order valence-corrected chi connectivity index (χ3v) is 7.56. The topological polar surface area (TPSA) is 86.8 Å². The first-order valence-electron chi connectivity index (χ1n) is 11.4. The number of benzene rings is 2. The second-order valence-electron chi connectivity index (χ2n) is 8.71. The van der Waals surface area contributed by atoms with Crippen molar-refractivity contribution < 1.29 is 18.0 Å². The summed E-state index contributed by atoms with van der Waals surface area (Å²) in [6.07, 6.45) is 0.447. The number of hydrogen-bond donors (Lipinski definition) is 1. The Balaban J connectivity index is 2.06. The highest BCUT2D eigenvalue weighted by Gasteiger charge is 2.27. The maximum Gasteiger partial charge on any atom is 0.242 e. The summed E-state index contributed by atoms with van der Waals surface area (Å²) >= 11 is 5.98. The van der Waals surface area contributed by atoms with Crippen LogP contribution < -0.4 is 5.32 Å². The number of rotatable bonds is 12. The van der Waals surface area contributed by atoms with Gasteiger partial charge in [0.05, 0.1) is 4.90 Å². The molecule has 186 valence electrons. The van der Waals surface area contributed by atoms with Gasteiger partial charge in [-0.05, 0) is 49.1 Å². The van der Waals surface area contributed by atoms with Crippen molar-refractivity contribution in [3.8, 4) is 0 Å². The van der Waals surface area contributed by atoms with Gasteiger partial charge in [0.1, 0.15) is 6.04 Å². The number of hydrogen-bond acceptors (Lipinski definition) is 4. The van der Waals surface area contributed by atoms with E-state index >= 15 is 0 Å². The van der Waals surface area contributed by atoms with E-state index in [1.807, 2.05) is 26.0 Å². The fourth-order valence-corrected chi connectivity index (χ4v) is 4.67. The van der Waals surface area contributed by atoms with E-state index in [-0.39, 0.29) is 36.2 Å². The standard InChI is InChI=1S/C25H34ClN3O4S/c1-19(2)17-27-25(31)20(3)29(18-21-12-14-22(26)15-13-21)24(30)11-8-16-28(4)34(32,33)23-9-6-5-7-10-23/h5-7,9-10,12-15,19-20H,8,11,16-18H2,1-4H3,(H,27,31)/t20-/m1/s1. The van der Waals surface area contributed by atoms with Gasteiger partial charge in [-0.3, -0.25) is 9.59 Å². The maximum absolute atomic E-state index is 13.2. The fraction of sp³-hybridized carbons (Fsp3) is 0.440. The number of sulfonamides is 1. The molecule has 0 radical (unpaired) electrons. The van der Waals surface area contributed by atoms with Crippen LogP contribution >= 0.6 is 11.6 Å². The summed E-state index contributed by atoms with van der Waals surface area (Å²) in [5.74, 6) is -0.147. The van der Waals surface area contributed by atoms with E-state index in [4.69, 9.17) is 11.6 Å². The lowest BCUT2D eigenvalue weighted by Crippen LogP contribution is -2.48. The molecule has 2 rings (SSSR count).